The Morgan fingerprint density at radius 2 is 1.75 bits per heavy atom. The molecule has 2 amide bonds. The van der Waals surface area contributed by atoms with Gasteiger partial charge in [0, 0.05) is 29.2 Å². The highest BCUT2D eigenvalue weighted by molar-refractivity contribution is 5.92. The van der Waals surface area contributed by atoms with E-state index in [0.717, 1.165) is 73.4 Å². The third kappa shape index (κ3) is 5.28. The van der Waals surface area contributed by atoms with E-state index in [1.807, 2.05) is 59.6 Å². The van der Waals surface area contributed by atoms with Gasteiger partial charge in [-0.25, -0.2) is 0 Å². The van der Waals surface area contributed by atoms with Crippen LogP contribution in [-0.2, 0) is 16.0 Å². The molecule has 1 aromatic heterocycles. The third-order valence-electron chi connectivity index (χ3n) is 7.91. The van der Waals surface area contributed by atoms with Crippen molar-refractivity contribution in [1.82, 2.24) is 15.2 Å². The molecular weight excluding hydrogens is 450 g/mol. The Morgan fingerprint density at radius 1 is 1.00 bits per heavy atom. The second-order valence-electron chi connectivity index (χ2n) is 10.3. The Balaban J connectivity index is 1.50. The van der Waals surface area contributed by atoms with Crippen LogP contribution in [0.15, 0.2) is 54.7 Å². The predicted octanol–water partition coefficient (Wildman–Crippen LogP) is 5.68. The molecule has 0 bridgehead atoms. The summed E-state index contributed by atoms with van der Waals surface area (Å²) in [6, 6.07) is 15.3. The average Bonchev–Trinajstić information content (AvgIpc) is 3.58. The van der Waals surface area contributed by atoms with Crippen molar-refractivity contribution in [2.45, 2.75) is 82.3 Å². The molecule has 6 heteroatoms. The fourth-order valence-corrected chi connectivity index (χ4v) is 6.05. The average molecular weight is 488 g/mol. The van der Waals surface area contributed by atoms with Crippen molar-refractivity contribution >= 4 is 22.7 Å². The summed E-state index contributed by atoms with van der Waals surface area (Å²) >= 11 is 0. The van der Waals surface area contributed by atoms with Crippen molar-refractivity contribution < 1.29 is 14.3 Å². The fourth-order valence-electron chi connectivity index (χ4n) is 6.05. The summed E-state index contributed by atoms with van der Waals surface area (Å²) in [5.41, 5.74) is 2.80. The number of para-hydroxylation sites is 1. The molecule has 3 aromatic rings. The van der Waals surface area contributed by atoms with Gasteiger partial charge in [0.2, 0.25) is 11.8 Å². The second-order valence-corrected chi connectivity index (χ2v) is 10.3. The number of nitrogens with zero attached hydrogens (tertiary/aromatic N) is 1. The Morgan fingerprint density at radius 3 is 2.53 bits per heavy atom. The topological polar surface area (TPSA) is 74.4 Å². The number of nitrogens with one attached hydrogen (secondary N) is 2. The smallest absolute Gasteiger partial charge is 0.247 e. The molecule has 2 saturated carbocycles. The third-order valence-corrected chi connectivity index (χ3v) is 7.91. The standard InChI is InChI=1S/C30H37N3O3/c1-36-25-15-9-10-21(18-25)29(30(35)32-23-11-3-2-4-12-23)33(24-13-5-6-14-24)28(34)19-22-20-31-27-17-8-7-16-26(22)27/h7-10,15-18,20,23-24,29,31H,2-6,11-14,19H2,1H3,(H,32,35)/t29-/m0/s1. The molecule has 0 unspecified atom stereocenters. The molecule has 5 rings (SSSR count). The molecule has 2 aromatic carbocycles. The number of amides is 2. The van der Waals surface area contributed by atoms with Crippen LogP contribution in [0.3, 0.4) is 0 Å². The number of aromatic nitrogens is 1. The van der Waals surface area contributed by atoms with E-state index >= 15 is 0 Å². The molecule has 2 aliphatic carbocycles. The highest BCUT2D eigenvalue weighted by Gasteiger charge is 2.38. The first-order chi connectivity index (χ1) is 17.6. The number of methoxy groups -OCH3 is 1. The zero-order chi connectivity index (χ0) is 24.9. The molecule has 190 valence electrons. The maximum atomic E-state index is 14.1. The molecule has 0 saturated heterocycles. The molecule has 36 heavy (non-hydrogen) atoms. The highest BCUT2D eigenvalue weighted by Crippen LogP contribution is 2.34. The first-order valence-corrected chi connectivity index (χ1v) is 13.4. The summed E-state index contributed by atoms with van der Waals surface area (Å²) in [5, 5.41) is 4.38. The number of fused-ring (bicyclic) bond motifs is 1. The van der Waals surface area contributed by atoms with Crippen LogP contribution in [0.5, 0.6) is 5.75 Å². The van der Waals surface area contributed by atoms with E-state index in [4.69, 9.17) is 4.74 Å². The molecule has 0 radical (unpaired) electrons. The SMILES string of the molecule is COc1cccc([C@@H](C(=O)NC2CCCCC2)N(C(=O)Cc2c[nH]c3ccccc23)C2CCCC2)c1. The Bertz CT molecular complexity index is 1190. The lowest BCUT2D eigenvalue weighted by Crippen LogP contribution is -2.50. The van der Waals surface area contributed by atoms with Crippen LogP contribution < -0.4 is 10.1 Å². The predicted molar refractivity (Wildman–Crippen MR) is 142 cm³/mol. The van der Waals surface area contributed by atoms with Crippen molar-refractivity contribution in [1.29, 1.82) is 0 Å². The number of ether oxygens (including phenoxy) is 1. The number of carbonyl (C=O) groups excluding carboxylic acids is 2. The van der Waals surface area contributed by atoms with Crippen LogP contribution in [0.1, 0.15) is 75.0 Å². The van der Waals surface area contributed by atoms with Crippen LogP contribution in [0.25, 0.3) is 10.9 Å². The number of hydrogen-bond acceptors (Lipinski definition) is 3. The Kier molecular flexibility index (Phi) is 7.59. The maximum absolute atomic E-state index is 14.1. The monoisotopic (exact) mass is 487 g/mol. The van der Waals surface area contributed by atoms with Gasteiger partial charge in [-0.2, -0.15) is 0 Å². The molecule has 2 N–H and O–H groups in total. The van der Waals surface area contributed by atoms with Gasteiger partial charge in [-0.15, -0.1) is 0 Å². The van der Waals surface area contributed by atoms with Gasteiger partial charge >= 0.3 is 0 Å². The van der Waals surface area contributed by atoms with E-state index in [1.54, 1.807) is 7.11 Å². The summed E-state index contributed by atoms with van der Waals surface area (Å²) in [6.07, 6.45) is 11.7. The van der Waals surface area contributed by atoms with Gasteiger partial charge in [-0.1, -0.05) is 62.4 Å². The quantitative estimate of drug-likeness (QED) is 0.429. The van der Waals surface area contributed by atoms with Crippen molar-refractivity contribution in [2.75, 3.05) is 7.11 Å². The molecule has 1 heterocycles. The van der Waals surface area contributed by atoms with Crippen LogP contribution in [0, 0.1) is 0 Å². The van der Waals surface area contributed by atoms with Gasteiger partial charge in [0.05, 0.1) is 13.5 Å². The lowest BCUT2D eigenvalue weighted by atomic mass is 9.94. The first-order valence-electron chi connectivity index (χ1n) is 13.4. The molecule has 0 aliphatic heterocycles. The van der Waals surface area contributed by atoms with E-state index in [-0.39, 0.29) is 30.3 Å². The van der Waals surface area contributed by atoms with Crippen molar-refractivity contribution in [3.63, 3.8) is 0 Å². The lowest BCUT2D eigenvalue weighted by molar-refractivity contribution is -0.143. The largest absolute Gasteiger partial charge is 0.497 e. The Hall–Kier alpha value is -3.28. The molecule has 1 atom stereocenters. The molecular formula is C30H37N3O3. The minimum atomic E-state index is -0.678. The van der Waals surface area contributed by atoms with Crippen molar-refractivity contribution in [2.24, 2.45) is 0 Å². The minimum Gasteiger partial charge on any atom is -0.497 e. The summed E-state index contributed by atoms with van der Waals surface area (Å²) in [6.45, 7) is 0. The number of rotatable bonds is 8. The van der Waals surface area contributed by atoms with Gasteiger partial charge in [-0.05, 0) is 55.0 Å². The van der Waals surface area contributed by atoms with Crippen molar-refractivity contribution in [3.8, 4) is 5.75 Å². The van der Waals surface area contributed by atoms with Crippen LogP contribution in [0.4, 0.5) is 0 Å². The number of carbonyl (C=O) groups is 2. The summed E-state index contributed by atoms with van der Waals surface area (Å²) in [4.78, 5) is 33.3. The van der Waals surface area contributed by atoms with Crippen LogP contribution in [0.2, 0.25) is 0 Å². The molecule has 0 spiro atoms. The zero-order valence-corrected chi connectivity index (χ0v) is 21.2. The highest BCUT2D eigenvalue weighted by atomic mass is 16.5. The number of hydrogen-bond donors (Lipinski definition) is 2. The van der Waals surface area contributed by atoms with E-state index < -0.39 is 6.04 Å². The van der Waals surface area contributed by atoms with Gasteiger partial charge in [0.15, 0.2) is 0 Å². The van der Waals surface area contributed by atoms with E-state index in [9.17, 15) is 9.59 Å². The number of benzene rings is 2. The normalized spacial score (nSPS) is 17.7. The fraction of sp³-hybridized carbons (Fsp3) is 0.467. The van der Waals surface area contributed by atoms with Gasteiger partial charge in [-0.3, -0.25) is 9.59 Å². The van der Waals surface area contributed by atoms with Gasteiger partial charge in [0.1, 0.15) is 11.8 Å². The molecule has 2 aliphatic rings. The lowest BCUT2D eigenvalue weighted by Gasteiger charge is -2.37. The zero-order valence-electron chi connectivity index (χ0n) is 21.2. The Labute approximate surface area is 213 Å². The summed E-state index contributed by atoms with van der Waals surface area (Å²) in [5.74, 6) is 0.617. The van der Waals surface area contributed by atoms with Gasteiger partial charge < -0.3 is 19.9 Å². The van der Waals surface area contributed by atoms with Crippen LogP contribution >= 0.6 is 0 Å². The number of H-pyrrole nitrogens is 1. The summed E-state index contributed by atoms with van der Waals surface area (Å²) in [7, 11) is 1.63. The summed E-state index contributed by atoms with van der Waals surface area (Å²) < 4.78 is 5.49. The van der Waals surface area contributed by atoms with E-state index in [0.29, 0.717) is 5.75 Å². The maximum Gasteiger partial charge on any atom is 0.247 e. The molecule has 6 nitrogen and oxygen atoms in total. The molecule has 2 fully saturated rings. The van der Waals surface area contributed by atoms with E-state index in [1.165, 1.54) is 6.42 Å². The second kappa shape index (κ2) is 11.2. The minimum absolute atomic E-state index is 0.00160. The van der Waals surface area contributed by atoms with Crippen LogP contribution in [-0.4, -0.2) is 40.9 Å². The van der Waals surface area contributed by atoms with Crippen molar-refractivity contribution in [3.05, 3.63) is 65.9 Å². The number of aromatic amines is 1. The van der Waals surface area contributed by atoms with Gasteiger partial charge in [0.25, 0.3) is 0 Å². The first kappa shape index (κ1) is 24.4. The van der Waals surface area contributed by atoms with E-state index in [2.05, 4.69) is 10.3 Å².